The van der Waals surface area contributed by atoms with Gasteiger partial charge >= 0.3 is 0 Å². The van der Waals surface area contributed by atoms with Gasteiger partial charge in [0.2, 0.25) is 0 Å². The minimum atomic E-state index is -0.130. The van der Waals surface area contributed by atoms with E-state index in [1.54, 1.807) is 20.0 Å². The molecule has 0 aromatic heterocycles. The van der Waals surface area contributed by atoms with Crippen molar-refractivity contribution in [2.75, 3.05) is 7.05 Å². The van der Waals surface area contributed by atoms with Gasteiger partial charge in [-0.1, -0.05) is 19.9 Å². The number of hydrogen-bond acceptors (Lipinski definition) is 2. The van der Waals surface area contributed by atoms with E-state index < -0.39 is 0 Å². The van der Waals surface area contributed by atoms with Crippen LogP contribution in [0.4, 0.5) is 0 Å². The Morgan fingerprint density at radius 3 is 2.20 bits per heavy atom. The Kier molecular flexibility index (Phi) is 13.1. The number of hydrogen-bond donors (Lipinski definition) is 2. The molecule has 3 heteroatoms. The summed E-state index contributed by atoms with van der Waals surface area (Å²) in [7, 11) is 1.64. The van der Waals surface area contributed by atoms with Crippen molar-refractivity contribution in [2.24, 2.45) is 0 Å². The van der Waals surface area contributed by atoms with Gasteiger partial charge in [0.25, 0.3) is 5.91 Å². The van der Waals surface area contributed by atoms with Crippen molar-refractivity contribution >= 4 is 5.91 Å². The summed E-state index contributed by atoms with van der Waals surface area (Å²) in [5, 5.41) is 0. The zero-order valence-electron chi connectivity index (χ0n) is 7.06. The van der Waals surface area contributed by atoms with Crippen molar-refractivity contribution in [1.82, 2.24) is 10.9 Å². The second kappa shape index (κ2) is 11.0. The number of hydrazine groups is 1. The van der Waals surface area contributed by atoms with Gasteiger partial charge in [-0.3, -0.25) is 10.2 Å². The number of carbonyl (C=O) groups excluding carboxylic acids is 1. The molecule has 0 rings (SSSR count). The molecule has 0 spiro atoms. The molecule has 0 heterocycles. The minimum Gasteiger partial charge on any atom is -0.288 e. The molecular formula is C7H16N2O. The molecular weight excluding hydrogens is 128 g/mol. The molecule has 0 saturated carbocycles. The Bertz CT molecular complexity index is 99.8. The molecule has 10 heavy (non-hydrogen) atoms. The van der Waals surface area contributed by atoms with E-state index in [1.165, 1.54) is 6.08 Å². The van der Waals surface area contributed by atoms with E-state index in [9.17, 15) is 4.79 Å². The van der Waals surface area contributed by atoms with Crippen LogP contribution >= 0.6 is 0 Å². The molecule has 0 bridgehead atoms. The summed E-state index contributed by atoms with van der Waals surface area (Å²) in [6, 6.07) is 0. The van der Waals surface area contributed by atoms with Crippen molar-refractivity contribution in [3.63, 3.8) is 0 Å². The van der Waals surface area contributed by atoms with Crippen LogP contribution < -0.4 is 10.9 Å². The fourth-order valence-corrected chi connectivity index (χ4v) is 0.316. The molecule has 0 saturated heterocycles. The predicted octanol–water partition coefficient (Wildman–Crippen LogP) is 0.839. The Morgan fingerprint density at radius 1 is 1.40 bits per heavy atom. The van der Waals surface area contributed by atoms with E-state index in [4.69, 9.17) is 0 Å². The number of nitrogens with one attached hydrogen (secondary N) is 2. The van der Waals surface area contributed by atoms with E-state index in [0.29, 0.717) is 0 Å². The zero-order chi connectivity index (χ0) is 8.41. The summed E-state index contributed by atoms with van der Waals surface area (Å²) in [6.45, 7) is 5.79. The summed E-state index contributed by atoms with van der Waals surface area (Å²) >= 11 is 0. The molecule has 1 amide bonds. The van der Waals surface area contributed by atoms with Crippen LogP contribution in [0, 0.1) is 0 Å². The van der Waals surface area contributed by atoms with Crippen LogP contribution in [0.1, 0.15) is 20.8 Å². The molecule has 60 valence electrons. The van der Waals surface area contributed by atoms with E-state index >= 15 is 0 Å². The molecule has 0 fully saturated rings. The highest BCUT2D eigenvalue weighted by molar-refractivity contribution is 5.86. The van der Waals surface area contributed by atoms with Gasteiger partial charge in [0.05, 0.1) is 0 Å². The Labute approximate surface area is 62.5 Å². The summed E-state index contributed by atoms with van der Waals surface area (Å²) in [5.74, 6) is -0.130. The molecule has 0 aromatic rings. The summed E-state index contributed by atoms with van der Waals surface area (Å²) in [6.07, 6.45) is 3.11. The Hall–Kier alpha value is -0.830. The first kappa shape index (κ1) is 11.9. The summed E-state index contributed by atoms with van der Waals surface area (Å²) in [5.41, 5.74) is 4.87. The predicted molar refractivity (Wildman–Crippen MR) is 43.4 cm³/mol. The highest BCUT2D eigenvalue weighted by Gasteiger charge is 1.85. The van der Waals surface area contributed by atoms with Crippen molar-refractivity contribution in [3.05, 3.63) is 12.2 Å². The van der Waals surface area contributed by atoms with Crippen molar-refractivity contribution in [3.8, 4) is 0 Å². The summed E-state index contributed by atoms with van der Waals surface area (Å²) < 4.78 is 0. The second-order valence-corrected chi connectivity index (χ2v) is 1.24. The molecule has 0 radical (unpaired) electrons. The molecule has 0 aromatic carbocycles. The molecule has 0 aliphatic heterocycles. The first-order chi connectivity index (χ1) is 4.81. The fourth-order valence-electron chi connectivity index (χ4n) is 0.316. The number of rotatable bonds is 2. The third-order valence-corrected chi connectivity index (χ3v) is 0.566. The topological polar surface area (TPSA) is 41.1 Å². The van der Waals surface area contributed by atoms with Crippen LogP contribution in [0.5, 0.6) is 0 Å². The number of allylic oxidation sites excluding steroid dienone is 1. The monoisotopic (exact) mass is 144 g/mol. The minimum absolute atomic E-state index is 0.130. The molecule has 2 N–H and O–H groups in total. The Morgan fingerprint density at radius 2 is 1.90 bits per heavy atom. The molecule has 0 unspecified atom stereocenters. The third kappa shape index (κ3) is 10.2. The first-order valence-electron chi connectivity index (χ1n) is 3.40. The maximum Gasteiger partial charge on any atom is 0.257 e. The smallest absolute Gasteiger partial charge is 0.257 e. The number of carbonyl (C=O) groups is 1. The quantitative estimate of drug-likeness (QED) is 0.445. The summed E-state index contributed by atoms with van der Waals surface area (Å²) in [4.78, 5) is 10.4. The highest BCUT2D eigenvalue weighted by Crippen LogP contribution is 1.66. The first-order valence-corrected chi connectivity index (χ1v) is 3.40. The van der Waals surface area contributed by atoms with Gasteiger partial charge in [0, 0.05) is 7.05 Å². The van der Waals surface area contributed by atoms with Gasteiger partial charge in [0.1, 0.15) is 0 Å². The van der Waals surface area contributed by atoms with Crippen molar-refractivity contribution < 1.29 is 4.79 Å². The lowest BCUT2D eigenvalue weighted by Gasteiger charge is -1.93. The van der Waals surface area contributed by atoms with E-state index in [2.05, 4.69) is 10.9 Å². The van der Waals surface area contributed by atoms with Crippen LogP contribution in [0.25, 0.3) is 0 Å². The average molecular weight is 144 g/mol. The van der Waals surface area contributed by atoms with Crippen LogP contribution in [-0.2, 0) is 4.79 Å². The Balaban J connectivity index is 0. The van der Waals surface area contributed by atoms with E-state index in [1.807, 2.05) is 13.8 Å². The van der Waals surface area contributed by atoms with Gasteiger partial charge in [-0.2, -0.15) is 0 Å². The van der Waals surface area contributed by atoms with Crippen molar-refractivity contribution in [1.29, 1.82) is 0 Å². The van der Waals surface area contributed by atoms with Gasteiger partial charge < -0.3 is 0 Å². The van der Waals surface area contributed by atoms with Crippen LogP contribution in [0.3, 0.4) is 0 Å². The third-order valence-electron chi connectivity index (χ3n) is 0.566. The lowest BCUT2D eigenvalue weighted by molar-refractivity contribution is -0.117. The lowest BCUT2D eigenvalue weighted by Crippen LogP contribution is -2.32. The van der Waals surface area contributed by atoms with Gasteiger partial charge in [-0.05, 0) is 13.0 Å². The molecule has 0 aliphatic rings. The second-order valence-electron chi connectivity index (χ2n) is 1.24. The van der Waals surface area contributed by atoms with Gasteiger partial charge in [-0.15, -0.1) is 0 Å². The maximum atomic E-state index is 10.4. The van der Waals surface area contributed by atoms with Crippen LogP contribution in [-0.4, -0.2) is 13.0 Å². The zero-order valence-corrected chi connectivity index (χ0v) is 7.06. The SMILES string of the molecule is C/C=C\C(=O)NNC.CC. The van der Waals surface area contributed by atoms with E-state index in [-0.39, 0.29) is 5.91 Å². The lowest BCUT2D eigenvalue weighted by atomic mass is 10.5. The van der Waals surface area contributed by atoms with E-state index in [0.717, 1.165) is 0 Å². The maximum absolute atomic E-state index is 10.4. The van der Waals surface area contributed by atoms with Gasteiger partial charge in [0.15, 0.2) is 0 Å². The number of amides is 1. The van der Waals surface area contributed by atoms with Crippen molar-refractivity contribution in [2.45, 2.75) is 20.8 Å². The molecule has 0 atom stereocenters. The normalized spacial score (nSPS) is 8.40. The fraction of sp³-hybridized carbons (Fsp3) is 0.571. The molecule has 3 nitrogen and oxygen atoms in total. The highest BCUT2D eigenvalue weighted by atomic mass is 16.2. The molecule has 0 aliphatic carbocycles. The van der Waals surface area contributed by atoms with Crippen LogP contribution in [0.15, 0.2) is 12.2 Å². The standard InChI is InChI=1S/C5H10N2O.C2H6/c1-3-4-5(8)7-6-2;1-2/h3-4,6H,1-2H3,(H,7,8);1-2H3/b4-3-;. The largest absolute Gasteiger partial charge is 0.288 e. The van der Waals surface area contributed by atoms with Gasteiger partial charge in [-0.25, -0.2) is 5.43 Å². The van der Waals surface area contributed by atoms with Crippen LogP contribution in [0.2, 0.25) is 0 Å². The average Bonchev–Trinajstić information content (AvgIpc) is 1.93.